The van der Waals surface area contributed by atoms with Crippen LogP contribution >= 0.6 is 28.1 Å². The van der Waals surface area contributed by atoms with Gasteiger partial charge >= 0.3 is 0 Å². The molecule has 0 bridgehead atoms. The van der Waals surface area contributed by atoms with Crippen LogP contribution in [0.5, 0.6) is 5.75 Å². The zero-order valence-electron chi connectivity index (χ0n) is 11.7. The molecule has 0 amide bonds. The lowest BCUT2D eigenvalue weighted by molar-refractivity contribution is 0.340. The molecule has 21 heavy (non-hydrogen) atoms. The van der Waals surface area contributed by atoms with Gasteiger partial charge < -0.3 is 15.4 Å². The van der Waals surface area contributed by atoms with E-state index in [0.29, 0.717) is 18.3 Å². The molecule has 0 atom stereocenters. The molecule has 2 N–H and O–H groups in total. The van der Waals surface area contributed by atoms with Gasteiger partial charge in [0.15, 0.2) is 5.11 Å². The number of ether oxygens (including phenoxy) is 1. The summed E-state index contributed by atoms with van der Waals surface area (Å²) in [5, 5.41) is 6.93. The maximum Gasteiger partial charge on any atom is 0.171 e. The number of thiocarbonyl (C=S) groups is 1. The van der Waals surface area contributed by atoms with Gasteiger partial charge in [0.1, 0.15) is 5.75 Å². The van der Waals surface area contributed by atoms with Crippen molar-refractivity contribution in [1.82, 2.24) is 5.32 Å². The van der Waals surface area contributed by atoms with Crippen molar-refractivity contribution in [2.24, 2.45) is 0 Å². The maximum atomic E-state index is 5.41. The Morgan fingerprint density at radius 3 is 2.38 bits per heavy atom. The van der Waals surface area contributed by atoms with Crippen LogP contribution in [0.3, 0.4) is 0 Å². The molecule has 0 radical (unpaired) electrons. The molecule has 0 aliphatic rings. The second-order valence-corrected chi connectivity index (χ2v) is 5.72. The van der Waals surface area contributed by atoms with Gasteiger partial charge in [-0.15, -0.1) is 0 Å². The molecule has 0 saturated carbocycles. The van der Waals surface area contributed by atoms with Gasteiger partial charge in [-0.05, 0) is 61.1 Å². The third-order valence-corrected chi connectivity index (χ3v) is 3.56. The smallest absolute Gasteiger partial charge is 0.171 e. The van der Waals surface area contributed by atoms with Crippen LogP contribution in [-0.4, -0.2) is 11.7 Å². The summed E-state index contributed by atoms with van der Waals surface area (Å²) in [5.41, 5.74) is 2.11. The Kier molecular flexibility index (Phi) is 6.02. The number of hydrogen-bond donors (Lipinski definition) is 2. The first-order valence-electron chi connectivity index (χ1n) is 6.69. The highest BCUT2D eigenvalue weighted by Gasteiger charge is 1.99. The minimum absolute atomic E-state index is 0.603. The second-order valence-electron chi connectivity index (χ2n) is 4.39. The summed E-state index contributed by atoms with van der Waals surface area (Å²) in [5.74, 6) is 0.886. The summed E-state index contributed by atoms with van der Waals surface area (Å²) in [6.45, 7) is 3.33. The molecule has 0 unspecified atom stereocenters. The topological polar surface area (TPSA) is 33.3 Å². The molecule has 5 heteroatoms. The minimum atomic E-state index is 0.603. The van der Waals surface area contributed by atoms with E-state index in [9.17, 15) is 0 Å². The zero-order chi connectivity index (χ0) is 15.1. The Labute approximate surface area is 138 Å². The van der Waals surface area contributed by atoms with E-state index in [1.165, 1.54) is 0 Å². The average Bonchev–Trinajstić information content (AvgIpc) is 2.49. The fourth-order valence-corrected chi connectivity index (χ4v) is 2.22. The predicted octanol–water partition coefficient (Wildman–Crippen LogP) is 4.33. The molecule has 0 aliphatic carbocycles. The quantitative estimate of drug-likeness (QED) is 0.773. The molecule has 2 rings (SSSR count). The van der Waals surface area contributed by atoms with Crippen LogP contribution in [0, 0.1) is 0 Å². The molecule has 0 heterocycles. The summed E-state index contributed by atoms with van der Waals surface area (Å²) in [6.07, 6.45) is 0. The van der Waals surface area contributed by atoms with E-state index in [1.807, 2.05) is 55.5 Å². The Balaban J connectivity index is 1.81. The van der Waals surface area contributed by atoms with E-state index in [1.54, 1.807) is 0 Å². The van der Waals surface area contributed by atoms with Crippen LogP contribution in [0.25, 0.3) is 0 Å². The van der Waals surface area contributed by atoms with Crippen LogP contribution < -0.4 is 15.4 Å². The summed E-state index contributed by atoms with van der Waals surface area (Å²) < 4.78 is 6.46. The van der Waals surface area contributed by atoms with E-state index in [-0.39, 0.29) is 0 Å². The molecule has 0 saturated heterocycles. The van der Waals surface area contributed by atoms with Crippen molar-refractivity contribution >= 4 is 38.9 Å². The third kappa shape index (κ3) is 5.36. The number of nitrogens with one attached hydrogen (secondary N) is 2. The summed E-state index contributed by atoms with van der Waals surface area (Å²) in [7, 11) is 0. The van der Waals surface area contributed by atoms with Crippen molar-refractivity contribution in [3.8, 4) is 5.75 Å². The molecule has 0 fully saturated rings. The Morgan fingerprint density at radius 2 is 1.76 bits per heavy atom. The Morgan fingerprint density at radius 1 is 1.10 bits per heavy atom. The summed E-state index contributed by atoms with van der Waals surface area (Å²) in [6, 6.07) is 15.9. The van der Waals surface area contributed by atoms with Crippen molar-refractivity contribution in [2.45, 2.75) is 13.5 Å². The highest BCUT2D eigenvalue weighted by molar-refractivity contribution is 9.10. The summed E-state index contributed by atoms with van der Waals surface area (Å²) in [4.78, 5) is 0. The van der Waals surface area contributed by atoms with Gasteiger partial charge in [0.2, 0.25) is 0 Å². The molecular weight excluding hydrogens is 348 g/mol. The average molecular weight is 365 g/mol. The number of halogens is 1. The zero-order valence-corrected chi connectivity index (χ0v) is 14.1. The Hall–Kier alpha value is -1.59. The number of benzene rings is 2. The maximum absolute atomic E-state index is 5.41. The monoisotopic (exact) mass is 364 g/mol. The van der Waals surface area contributed by atoms with E-state index >= 15 is 0 Å². The van der Waals surface area contributed by atoms with E-state index in [0.717, 1.165) is 21.5 Å². The van der Waals surface area contributed by atoms with Crippen molar-refractivity contribution in [3.05, 3.63) is 58.6 Å². The first-order valence-corrected chi connectivity index (χ1v) is 7.89. The normalized spacial score (nSPS) is 10.0. The molecule has 0 aliphatic heterocycles. The lowest BCUT2D eigenvalue weighted by Gasteiger charge is -2.11. The van der Waals surface area contributed by atoms with Gasteiger partial charge in [0.25, 0.3) is 0 Å². The van der Waals surface area contributed by atoms with E-state index in [4.69, 9.17) is 17.0 Å². The van der Waals surface area contributed by atoms with Gasteiger partial charge in [0.05, 0.1) is 6.61 Å². The SMILES string of the molecule is CCOc1ccc(CNC(=S)Nc2ccc(Br)cc2)cc1. The van der Waals surface area contributed by atoms with Crippen molar-refractivity contribution < 1.29 is 4.74 Å². The van der Waals surface area contributed by atoms with Crippen LogP contribution in [0.2, 0.25) is 0 Å². The van der Waals surface area contributed by atoms with Crippen LogP contribution in [0.4, 0.5) is 5.69 Å². The predicted molar refractivity (Wildman–Crippen MR) is 94.8 cm³/mol. The van der Waals surface area contributed by atoms with Crippen LogP contribution in [-0.2, 0) is 6.54 Å². The lowest BCUT2D eigenvalue weighted by Crippen LogP contribution is -2.27. The summed E-state index contributed by atoms with van der Waals surface area (Å²) >= 11 is 8.68. The van der Waals surface area contributed by atoms with Gasteiger partial charge in [-0.2, -0.15) is 0 Å². The highest BCUT2D eigenvalue weighted by atomic mass is 79.9. The van der Waals surface area contributed by atoms with Crippen molar-refractivity contribution in [1.29, 1.82) is 0 Å². The van der Waals surface area contributed by atoms with Gasteiger partial charge in [-0.25, -0.2) is 0 Å². The third-order valence-electron chi connectivity index (χ3n) is 2.79. The molecular formula is C16H17BrN2OS. The van der Waals surface area contributed by atoms with E-state index in [2.05, 4.69) is 26.6 Å². The number of hydrogen-bond acceptors (Lipinski definition) is 2. The highest BCUT2D eigenvalue weighted by Crippen LogP contribution is 2.14. The van der Waals surface area contributed by atoms with Crippen molar-refractivity contribution in [2.75, 3.05) is 11.9 Å². The molecule has 0 spiro atoms. The molecule has 2 aromatic rings. The Bertz CT molecular complexity index is 584. The molecule has 2 aromatic carbocycles. The van der Waals surface area contributed by atoms with E-state index < -0.39 is 0 Å². The van der Waals surface area contributed by atoms with Gasteiger partial charge in [0, 0.05) is 16.7 Å². The van der Waals surface area contributed by atoms with Crippen LogP contribution in [0.1, 0.15) is 12.5 Å². The first kappa shape index (κ1) is 15.8. The lowest BCUT2D eigenvalue weighted by atomic mass is 10.2. The fraction of sp³-hybridized carbons (Fsp3) is 0.188. The van der Waals surface area contributed by atoms with Crippen LogP contribution in [0.15, 0.2) is 53.0 Å². The molecule has 3 nitrogen and oxygen atoms in total. The largest absolute Gasteiger partial charge is 0.494 e. The van der Waals surface area contributed by atoms with Crippen molar-refractivity contribution in [3.63, 3.8) is 0 Å². The minimum Gasteiger partial charge on any atom is -0.494 e. The fourth-order valence-electron chi connectivity index (χ4n) is 1.76. The first-order chi connectivity index (χ1) is 10.2. The number of rotatable bonds is 5. The standard InChI is InChI=1S/C16H17BrN2OS/c1-2-20-15-9-3-12(4-10-15)11-18-16(21)19-14-7-5-13(17)6-8-14/h3-10H,2,11H2,1H3,(H2,18,19,21). The second kappa shape index (κ2) is 8.00. The molecule has 0 aromatic heterocycles. The van der Waals surface area contributed by atoms with Gasteiger partial charge in [-0.3, -0.25) is 0 Å². The van der Waals surface area contributed by atoms with Gasteiger partial charge in [-0.1, -0.05) is 28.1 Å². The number of anilines is 1. The molecule has 110 valence electrons.